The molecule has 4 aromatic rings. The molecule has 0 aliphatic rings. The smallest absolute Gasteiger partial charge is 0.165 e. The van der Waals surface area contributed by atoms with Crippen LogP contribution in [0.2, 0.25) is 0 Å². The average Bonchev–Trinajstić information content (AvgIpc) is 3.25. The third-order valence-corrected chi connectivity index (χ3v) is 3.97. The van der Waals surface area contributed by atoms with Crippen molar-refractivity contribution >= 4 is 11.5 Å². The first-order valence-electron chi connectivity index (χ1n) is 7.67. The second kappa shape index (κ2) is 5.97. The van der Waals surface area contributed by atoms with E-state index in [-0.39, 0.29) is 5.56 Å². The highest BCUT2D eigenvalue weighted by molar-refractivity contribution is 5.76. The number of hydrogen-bond donors (Lipinski definition) is 2. The van der Waals surface area contributed by atoms with Gasteiger partial charge in [0.15, 0.2) is 5.65 Å². The first-order valence-corrected chi connectivity index (χ1v) is 7.67. The second-order valence-corrected chi connectivity index (χ2v) is 5.66. The van der Waals surface area contributed by atoms with E-state index in [1.54, 1.807) is 42.3 Å². The van der Waals surface area contributed by atoms with Gasteiger partial charge >= 0.3 is 0 Å². The van der Waals surface area contributed by atoms with Gasteiger partial charge in [0.1, 0.15) is 17.5 Å². The molecule has 0 unspecified atom stereocenters. The molecule has 0 fully saturated rings. The molecule has 2 N–H and O–H groups in total. The van der Waals surface area contributed by atoms with Crippen molar-refractivity contribution < 1.29 is 8.78 Å². The summed E-state index contributed by atoms with van der Waals surface area (Å²) in [6.07, 6.45) is 6.89. The predicted octanol–water partition coefficient (Wildman–Crippen LogP) is 3.57. The van der Waals surface area contributed by atoms with Crippen LogP contribution in [0.5, 0.6) is 0 Å². The number of fused-ring (bicyclic) bond motifs is 1. The molecule has 0 amide bonds. The fourth-order valence-electron chi connectivity index (χ4n) is 2.70. The molecule has 0 saturated carbocycles. The number of nitrogens with zero attached hydrogens (tertiary/aromatic N) is 4. The SMILES string of the molecule is C[C@@H](Nc1ccn2ncc(-c3cn[nH]c3)c2n1)c1cc(F)ccc1F. The second-order valence-electron chi connectivity index (χ2n) is 5.66. The summed E-state index contributed by atoms with van der Waals surface area (Å²) in [4.78, 5) is 4.54. The van der Waals surface area contributed by atoms with Gasteiger partial charge in [-0.25, -0.2) is 18.3 Å². The lowest BCUT2D eigenvalue weighted by atomic mass is 10.1. The Morgan fingerprint density at radius 2 is 2.08 bits per heavy atom. The van der Waals surface area contributed by atoms with E-state index < -0.39 is 17.7 Å². The highest BCUT2D eigenvalue weighted by atomic mass is 19.1. The number of aromatic amines is 1. The van der Waals surface area contributed by atoms with Gasteiger partial charge in [-0.15, -0.1) is 0 Å². The van der Waals surface area contributed by atoms with Crippen molar-refractivity contribution in [3.05, 3.63) is 66.3 Å². The molecule has 1 aromatic carbocycles. The molecular formula is C17H14F2N6. The Hall–Kier alpha value is -3.29. The summed E-state index contributed by atoms with van der Waals surface area (Å²) in [5.74, 6) is -0.411. The average molecular weight is 340 g/mol. The van der Waals surface area contributed by atoms with E-state index in [1.807, 2.05) is 0 Å². The molecule has 3 aromatic heterocycles. The van der Waals surface area contributed by atoms with Crippen LogP contribution in [-0.2, 0) is 0 Å². The van der Waals surface area contributed by atoms with Gasteiger partial charge in [0.2, 0.25) is 0 Å². The first-order chi connectivity index (χ1) is 12.1. The van der Waals surface area contributed by atoms with Crippen LogP contribution in [0.3, 0.4) is 0 Å². The van der Waals surface area contributed by atoms with Crippen LogP contribution in [-0.4, -0.2) is 24.8 Å². The third kappa shape index (κ3) is 2.82. The van der Waals surface area contributed by atoms with E-state index in [9.17, 15) is 8.78 Å². The number of aromatic nitrogens is 5. The zero-order valence-corrected chi connectivity index (χ0v) is 13.2. The molecule has 8 heteroatoms. The van der Waals surface area contributed by atoms with E-state index in [1.165, 1.54) is 6.07 Å². The molecule has 126 valence electrons. The van der Waals surface area contributed by atoms with Gasteiger partial charge in [0, 0.05) is 29.1 Å². The minimum atomic E-state index is -0.480. The first kappa shape index (κ1) is 15.3. The van der Waals surface area contributed by atoms with E-state index in [0.717, 1.165) is 23.3 Å². The van der Waals surface area contributed by atoms with Crippen LogP contribution < -0.4 is 5.32 Å². The third-order valence-electron chi connectivity index (χ3n) is 3.97. The molecule has 0 bridgehead atoms. The predicted molar refractivity (Wildman–Crippen MR) is 89.0 cm³/mol. The lowest BCUT2D eigenvalue weighted by molar-refractivity contribution is 0.577. The van der Waals surface area contributed by atoms with E-state index in [4.69, 9.17) is 0 Å². The van der Waals surface area contributed by atoms with Crippen molar-refractivity contribution in [2.75, 3.05) is 5.32 Å². The molecule has 25 heavy (non-hydrogen) atoms. The zero-order valence-electron chi connectivity index (χ0n) is 13.2. The van der Waals surface area contributed by atoms with Crippen LogP contribution in [0.4, 0.5) is 14.6 Å². The molecule has 0 spiro atoms. The highest BCUT2D eigenvalue weighted by Gasteiger charge is 2.14. The molecule has 3 heterocycles. The molecule has 6 nitrogen and oxygen atoms in total. The highest BCUT2D eigenvalue weighted by Crippen LogP contribution is 2.25. The van der Waals surface area contributed by atoms with Gasteiger partial charge < -0.3 is 5.32 Å². The molecule has 0 saturated heterocycles. The van der Waals surface area contributed by atoms with Gasteiger partial charge in [0.25, 0.3) is 0 Å². The van der Waals surface area contributed by atoms with Gasteiger partial charge in [-0.3, -0.25) is 5.10 Å². The number of hydrogen-bond acceptors (Lipinski definition) is 4. The van der Waals surface area contributed by atoms with Gasteiger partial charge in [-0.05, 0) is 31.2 Å². The molecule has 4 rings (SSSR count). The quantitative estimate of drug-likeness (QED) is 0.596. The van der Waals surface area contributed by atoms with E-state index in [2.05, 4.69) is 25.6 Å². The lowest BCUT2D eigenvalue weighted by Gasteiger charge is -2.16. The molecule has 1 atom stereocenters. The Labute approximate surface area is 141 Å². The number of H-pyrrole nitrogens is 1. The molecule has 0 aliphatic heterocycles. The number of benzene rings is 1. The van der Waals surface area contributed by atoms with Gasteiger partial charge in [-0.2, -0.15) is 10.2 Å². The Bertz CT molecular complexity index is 1020. The lowest BCUT2D eigenvalue weighted by Crippen LogP contribution is -2.10. The number of nitrogens with one attached hydrogen (secondary N) is 2. The van der Waals surface area contributed by atoms with Crippen LogP contribution in [0.15, 0.2) is 49.1 Å². The molecule has 0 aliphatic carbocycles. The van der Waals surface area contributed by atoms with Gasteiger partial charge in [-0.1, -0.05) is 0 Å². The van der Waals surface area contributed by atoms with Crippen molar-refractivity contribution in [1.82, 2.24) is 24.8 Å². The minimum absolute atomic E-state index is 0.241. The number of rotatable bonds is 4. The largest absolute Gasteiger partial charge is 0.363 e. The number of anilines is 1. The Kier molecular flexibility index (Phi) is 3.64. The summed E-state index contributed by atoms with van der Waals surface area (Å²) in [6, 6.07) is 4.67. The normalized spacial score (nSPS) is 12.4. The van der Waals surface area contributed by atoms with Crippen molar-refractivity contribution in [1.29, 1.82) is 0 Å². The van der Waals surface area contributed by atoms with Crippen molar-refractivity contribution in [3.63, 3.8) is 0 Å². The topological polar surface area (TPSA) is 70.9 Å². The summed E-state index contributed by atoms with van der Waals surface area (Å²) in [6.45, 7) is 1.75. The summed E-state index contributed by atoms with van der Waals surface area (Å²) >= 11 is 0. The summed E-state index contributed by atoms with van der Waals surface area (Å²) in [5.41, 5.74) is 2.56. The van der Waals surface area contributed by atoms with Crippen LogP contribution in [0, 0.1) is 11.6 Å². The Morgan fingerprint density at radius 3 is 2.88 bits per heavy atom. The summed E-state index contributed by atoms with van der Waals surface area (Å²) < 4.78 is 29.0. The van der Waals surface area contributed by atoms with Crippen molar-refractivity contribution in [2.24, 2.45) is 0 Å². The maximum absolute atomic E-state index is 13.9. The number of halogens is 2. The van der Waals surface area contributed by atoms with E-state index in [0.29, 0.717) is 11.5 Å². The zero-order chi connectivity index (χ0) is 17.4. The summed E-state index contributed by atoms with van der Waals surface area (Å²) in [5, 5.41) is 14.0. The van der Waals surface area contributed by atoms with Crippen LogP contribution in [0.25, 0.3) is 16.8 Å². The Balaban J connectivity index is 1.68. The van der Waals surface area contributed by atoms with E-state index >= 15 is 0 Å². The fourth-order valence-corrected chi connectivity index (χ4v) is 2.70. The standard InChI is InChI=1S/C17H14F2N6/c1-10(13-6-12(18)2-3-15(13)19)23-16-4-5-25-17(24-16)14(9-22-25)11-7-20-21-8-11/h2-10H,1H3,(H,20,21)(H,23,24)/t10-/m1/s1. The fraction of sp³-hybridized carbons (Fsp3) is 0.118. The molecular weight excluding hydrogens is 326 g/mol. The maximum Gasteiger partial charge on any atom is 0.165 e. The summed E-state index contributed by atoms with van der Waals surface area (Å²) in [7, 11) is 0. The Morgan fingerprint density at radius 1 is 1.20 bits per heavy atom. The van der Waals surface area contributed by atoms with Crippen LogP contribution in [0.1, 0.15) is 18.5 Å². The van der Waals surface area contributed by atoms with Crippen LogP contribution >= 0.6 is 0 Å². The van der Waals surface area contributed by atoms with Crippen molar-refractivity contribution in [3.8, 4) is 11.1 Å². The minimum Gasteiger partial charge on any atom is -0.363 e. The molecule has 0 radical (unpaired) electrons. The van der Waals surface area contributed by atoms with Gasteiger partial charge in [0.05, 0.1) is 18.4 Å². The van der Waals surface area contributed by atoms with Crippen molar-refractivity contribution in [2.45, 2.75) is 13.0 Å². The monoisotopic (exact) mass is 340 g/mol. The maximum atomic E-state index is 13.9.